The van der Waals surface area contributed by atoms with Crippen LogP contribution in [0.2, 0.25) is 0 Å². The van der Waals surface area contributed by atoms with E-state index < -0.39 is 27.4 Å². The Morgan fingerprint density at radius 3 is 1.92 bits per heavy atom. The standard InChI is InChI=1S/C16H22N2O5S/c1-10(2)16(5,17-12(4)20)15(21)18-24(22,23)14-8-6-13(7-9-14)11(3)19/h6-10H,1-5H3,(H,17,20)(H,18,21). The van der Waals surface area contributed by atoms with Crippen molar-refractivity contribution >= 4 is 27.6 Å². The first-order valence-corrected chi connectivity index (χ1v) is 8.85. The zero-order valence-corrected chi connectivity index (χ0v) is 15.2. The van der Waals surface area contributed by atoms with Crippen LogP contribution in [0.1, 0.15) is 45.0 Å². The van der Waals surface area contributed by atoms with Gasteiger partial charge < -0.3 is 5.32 Å². The van der Waals surface area contributed by atoms with Crippen molar-refractivity contribution in [3.63, 3.8) is 0 Å². The number of hydrogen-bond acceptors (Lipinski definition) is 5. The number of hydrogen-bond donors (Lipinski definition) is 2. The molecule has 0 saturated heterocycles. The van der Waals surface area contributed by atoms with E-state index in [0.29, 0.717) is 5.56 Å². The van der Waals surface area contributed by atoms with Crippen LogP contribution in [0, 0.1) is 5.92 Å². The van der Waals surface area contributed by atoms with E-state index in [0.717, 1.165) is 0 Å². The van der Waals surface area contributed by atoms with E-state index >= 15 is 0 Å². The molecule has 1 atom stereocenters. The molecule has 1 aromatic rings. The van der Waals surface area contributed by atoms with Gasteiger partial charge in [-0.2, -0.15) is 0 Å². The number of benzene rings is 1. The predicted molar refractivity (Wildman–Crippen MR) is 88.8 cm³/mol. The summed E-state index contributed by atoms with van der Waals surface area (Å²) in [5.41, 5.74) is -1.01. The minimum Gasteiger partial charge on any atom is -0.342 e. The maximum atomic E-state index is 12.4. The van der Waals surface area contributed by atoms with Gasteiger partial charge in [0.25, 0.3) is 15.9 Å². The highest BCUT2D eigenvalue weighted by molar-refractivity contribution is 7.90. The fraction of sp³-hybridized carbons (Fsp3) is 0.438. The number of sulfonamides is 1. The third-order valence-corrected chi connectivity index (χ3v) is 5.21. The van der Waals surface area contributed by atoms with Crippen molar-refractivity contribution in [3.05, 3.63) is 29.8 Å². The van der Waals surface area contributed by atoms with E-state index in [1.807, 2.05) is 4.72 Å². The largest absolute Gasteiger partial charge is 0.342 e. The lowest BCUT2D eigenvalue weighted by Gasteiger charge is -2.32. The molecule has 0 aromatic heterocycles. The summed E-state index contributed by atoms with van der Waals surface area (Å²) >= 11 is 0. The van der Waals surface area contributed by atoms with Crippen molar-refractivity contribution in [2.24, 2.45) is 5.92 Å². The van der Waals surface area contributed by atoms with Crippen LogP contribution in [0.25, 0.3) is 0 Å². The molecule has 132 valence electrons. The van der Waals surface area contributed by atoms with Crippen molar-refractivity contribution in [1.82, 2.24) is 10.0 Å². The molecule has 1 rings (SSSR count). The van der Waals surface area contributed by atoms with Gasteiger partial charge in [-0.05, 0) is 31.9 Å². The number of Topliss-reactive ketones (excluding diaryl/α,β-unsaturated/α-hetero) is 1. The van der Waals surface area contributed by atoms with Crippen LogP contribution in [0.4, 0.5) is 0 Å². The maximum absolute atomic E-state index is 12.4. The topological polar surface area (TPSA) is 109 Å². The Hall–Kier alpha value is -2.22. The van der Waals surface area contributed by atoms with E-state index in [-0.39, 0.29) is 16.6 Å². The second-order valence-corrected chi connectivity index (χ2v) is 7.74. The lowest BCUT2D eigenvalue weighted by atomic mass is 9.87. The van der Waals surface area contributed by atoms with Crippen molar-refractivity contribution in [2.45, 2.75) is 45.1 Å². The first kappa shape index (κ1) is 19.8. The van der Waals surface area contributed by atoms with Gasteiger partial charge in [-0.1, -0.05) is 26.0 Å². The first-order valence-electron chi connectivity index (χ1n) is 7.37. The molecule has 0 aliphatic carbocycles. The molecular weight excluding hydrogens is 332 g/mol. The second-order valence-electron chi connectivity index (χ2n) is 6.05. The van der Waals surface area contributed by atoms with Crippen LogP contribution in [0.15, 0.2) is 29.2 Å². The van der Waals surface area contributed by atoms with Crippen molar-refractivity contribution in [1.29, 1.82) is 0 Å². The van der Waals surface area contributed by atoms with Gasteiger partial charge in [0, 0.05) is 12.5 Å². The fourth-order valence-electron chi connectivity index (χ4n) is 1.98. The van der Waals surface area contributed by atoms with Gasteiger partial charge in [0.2, 0.25) is 5.91 Å². The first-order chi connectivity index (χ1) is 10.9. The second kappa shape index (κ2) is 7.12. The fourth-order valence-corrected chi connectivity index (χ4v) is 3.05. The zero-order chi connectivity index (χ0) is 18.7. The highest BCUT2D eigenvalue weighted by Crippen LogP contribution is 2.19. The van der Waals surface area contributed by atoms with Gasteiger partial charge in [0.1, 0.15) is 5.54 Å². The number of carbonyl (C=O) groups excluding carboxylic acids is 3. The molecule has 0 spiro atoms. The highest BCUT2D eigenvalue weighted by atomic mass is 32.2. The van der Waals surface area contributed by atoms with Gasteiger partial charge in [-0.3, -0.25) is 14.4 Å². The van der Waals surface area contributed by atoms with Gasteiger partial charge in [0.15, 0.2) is 5.78 Å². The molecule has 1 unspecified atom stereocenters. The summed E-state index contributed by atoms with van der Waals surface area (Å²) in [4.78, 5) is 34.9. The Kier molecular flexibility index (Phi) is 5.89. The monoisotopic (exact) mass is 354 g/mol. The Balaban J connectivity index is 3.10. The molecular formula is C16H22N2O5S. The molecule has 2 N–H and O–H groups in total. The molecule has 2 amide bonds. The van der Waals surface area contributed by atoms with E-state index in [1.165, 1.54) is 45.0 Å². The Labute approximate surface area is 141 Å². The molecule has 1 aromatic carbocycles. The van der Waals surface area contributed by atoms with Crippen LogP contribution >= 0.6 is 0 Å². The van der Waals surface area contributed by atoms with E-state index in [2.05, 4.69) is 5.32 Å². The van der Waals surface area contributed by atoms with Gasteiger partial charge in [0.05, 0.1) is 4.90 Å². The molecule has 7 nitrogen and oxygen atoms in total. The maximum Gasteiger partial charge on any atom is 0.264 e. The Bertz CT molecular complexity index is 753. The number of nitrogens with one attached hydrogen (secondary N) is 2. The summed E-state index contributed by atoms with van der Waals surface area (Å²) < 4.78 is 26.7. The molecule has 8 heteroatoms. The number of amides is 2. The number of carbonyl (C=O) groups is 3. The van der Waals surface area contributed by atoms with Crippen LogP contribution in [0.5, 0.6) is 0 Å². The van der Waals surface area contributed by atoms with E-state index in [1.54, 1.807) is 13.8 Å². The third-order valence-electron chi connectivity index (χ3n) is 3.86. The summed E-state index contributed by atoms with van der Waals surface area (Å²) in [6, 6.07) is 5.24. The van der Waals surface area contributed by atoms with Gasteiger partial charge >= 0.3 is 0 Å². The molecule has 0 radical (unpaired) electrons. The Morgan fingerprint density at radius 1 is 1.04 bits per heavy atom. The summed E-state index contributed by atoms with van der Waals surface area (Å²) in [7, 11) is -4.12. The number of rotatable bonds is 6. The van der Waals surface area contributed by atoms with Crippen molar-refractivity contribution in [2.75, 3.05) is 0 Å². The average Bonchev–Trinajstić information content (AvgIpc) is 2.45. The summed E-state index contributed by atoms with van der Waals surface area (Å²) in [6.07, 6.45) is 0. The zero-order valence-electron chi connectivity index (χ0n) is 14.3. The molecule has 24 heavy (non-hydrogen) atoms. The molecule has 0 fully saturated rings. The van der Waals surface area contributed by atoms with Crippen molar-refractivity contribution < 1.29 is 22.8 Å². The highest BCUT2D eigenvalue weighted by Gasteiger charge is 2.39. The third kappa shape index (κ3) is 4.41. The van der Waals surface area contributed by atoms with E-state index in [9.17, 15) is 22.8 Å². The SMILES string of the molecule is CC(=O)NC(C)(C(=O)NS(=O)(=O)c1ccc(C(C)=O)cc1)C(C)C. The summed E-state index contributed by atoms with van der Waals surface area (Å²) in [6.45, 7) is 7.48. The van der Waals surface area contributed by atoms with Crippen LogP contribution in [-0.2, 0) is 19.6 Å². The summed E-state index contributed by atoms with van der Waals surface area (Å²) in [5.74, 6) is -1.80. The normalized spacial score (nSPS) is 13.9. The van der Waals surface area contributed by atoms with Crippen LogP contribution in [-0.4, -0.2) is 31.6 Å². The molecule has 0 aliphatic rings. The molecule has 0 saturated carbocycles. The predicted octanol–water partition coefficient (Wildman–Crippen LogP) is 1.24. The molecule has 0 heterocycles. The summed E-state index contributed by atoms with van der Waals surface area (Å²) in [5, 5.41) is 2.49. The minimum atomic E-state index is -4.12. The van der Waals surface area contributed by atoms with Crippen LogP contribution < -0.4 is 10.0 Å². The van der Waals surface area contributed by atoms with Gasteiger partial charge in [-0.15, -0.1) is 0 Å². The van der Waals surface area contributed by atoms with Crippen molar-refractivity contribution in [3.8, 4) is 0 Å². The lowest BCUT2D eigenvalue weighted by molar-refractivity contribution is -0.132. The molecule has 0 bridgehead atoms. The average molecular weight is 354 g/mol. The van der Waals surface area contributed by atoms with E-state index in [4.69, 9.17) is 0 Å². The van der Waals surface area contributed by atoms with Crippen LogP contribution in [0.3, 0.4) is 0 Å². The minimum absolute atomic E-state index is 0.144. The smallest absolute Gasteiger partial charge is 0.264 e. The van der Waals surface area contributed by atoms with Gasteiger partial charge in [-0.25, -0.2) is 13.1 Å². The molecule has 0 aliphatic heterocycles. The Morgan fingerprint density at radius 2 is 1.54 bits per heavy atom. The number of ketones is 1. The lowest BCUT2D eigenvalue weighted by Crippen LogP contribution is -2.60. The quantitative estimate of drug-likeness (QED) is 0.747.